The van der Waals surface area contributed by atoms with Crippen molar-refractivity contribution in [3.63, 3.8) is 0 Å². The molecular weight excluding hydrogens is 194 g/mol. The summed E-state index contributed by atoms with van der Waals surface area (Å²) in [5.74, 6) is 0.615. The van der Waals surface area contributed by atoms with Crippen LogP contribution in [-0.4, -0.2) is 15.1 Å². The van der Waals surface area contributed by atoms with Gasteiger partial charge in [-0.25, -0.2) is 0 Å². The van der Waals surface area contributed by atoms with Gasteiger partial charge in [0, 0.05) is 0 Å². The van der Waals surface area contributed by atoms with Crippen molar-refractivity contribution in [2.75, 3.05) is 0 Å². The number of nitrogens with zero attached hydrogens (tertiary/aromatic N) is 1. The highest BCUT2D eigenvalue weighted by Gasteiger charge is 2.31. The molecule has 1 fully saturated rings. The Morgan fingerprint density at radius 2 is 2.33 bits per heavy atom. The Morgan fingerprint density at radius 1 is 1.67 bits per heavy atom. The van der Waals surface area contributed by atoms with Crippen molar-refractivity contribution >= 4 is 0 Å². The van der Waals surface area contributed by atoms with Gasteiger partial charge in [-0.3, -0.25) is 4.79 Å². The third-order valence-electron chi connectivity index (χ3n) is 2.81. The zero-order valence-electron chi connectivity index (χ0n) is 8.66. The molecule has 0 amide bonds. The number of rotatable bonds is 3. The van der Waals surface area contributed by atoms with Crippen molar-refractivity contribution in [1.29, 1.82) is 0 Å². The molecule has 1 aromatic heterocycles. The van der Waals surface area contributed by atoms with Gasteiger partial charge in [-0.05, 0) is 25.2 Å². The number of hydrogen-bond acceptors (Lipinski definition) is 4. The quantitative estimate of drug-likeness (QED) is 0.673. The second kappa shape index (κ2) is 3.66. The van der Waals surface area contributed by atoms with Gasteiger partial charge < -0.3 is 15.8 Å². The van der Waals surface area contributed by atoms with Crippen LogP contribution in [0.5, 0.6) is 5.88 Å². The number of hydrogen-bond donors (Lipinski definition) is 3. The topological polar surface area (TPSA) is 92.0 Å². The summed E-state index contributed by atoms with van der Waals surface area (Å²) in [6.45, 7) is 1.80. The maximum atomic E-state index is 11.5. The lowest BCUT2D eigenvalue weighted by molar-refractivity contribution is 0.434. The van der Waals surface area contributed by atoms with Crippen LogP contribution in [0.2, 0.25) is 0 Å². The molecule has 0 spiro atoms. The van der Waals surface area contributed by atoms with E-state index in [-0.39, 0.29) is 17.5 Å². The highest BCUT2D eigenvalue weighted by molar-refractivity contribution is 5.23. The highest BCUT2D eigenvalue weighted by atomic mass is 16.3. The molecule has 1 atom stereocenters. The first-order valence-electron chi connectivity index (χ1n) is 5.21. The fourth-order valence-electron chi connectivity index (χ4n) is 1.66. The predicted molar refractivity (Wildman–Crippen MR) is 55.6 cm³/mol. The van der Waals surface area contributed by atoms with Gasteiger partial charge in [0.05, 0.1) is 11.6 Å². The van der Waals surface area contributed by atoms with Gasteiger partial charge >= 0.3 is 0 Å². The van der Waals surface area contributed by atoms with E-state index in [1.807, 2.05) is 0 Å². The number of aromatic amines is 1. The molecule has 5 heteroatoms. The van der Waals surface area contributed by atoms with Crippen LogP contribution in [-0.2, 0) is 6.42 Å². The van der Waals surface area contributed by atoms with E-state index in [0.29, 0.717) is 23.7 Å². The molecule has 0 radical (unpaired) electrons. The molecule has 2 rings (SSSR count). The maximum absolute atomic E-state index is 11.5. The normalized spacial score (nSPS) is 17.7. The summed E-state index contributed by atoms with van der Waals surface area (Å²) in [6.07, 6.45) is 2.61. The number of aromatic hydroxyl groups is 1. The summed E-state index contributed by atoms with van der Waals surface area (Å²) in [5, 5.41) is 9.54. The summed E-state index contributed by atoms with van der Waals surface area (Å²) >= 11 is 0. The van der Waals surface area contributed by atoms with E-state index in [1.165, 1.54) is 0 Å². The van der Waals surface area contributed by atoms with Crippen LogP contribution in [0.3, 0.4) is 0 Å². The van der Waals surface area contributed by atoms with Crippen LogP contribution in [0, 0.1) is 5.92 Å². The minimum Gasteiger partial charge on any atom is -0.493 e. The number of aromatic nitrogens is 2. The Balaban J connectivity index is 2.38. The third-order valence-corrected chi connectivity index (χ3v) is 2.81. The van der Waals surface area contributed by atoms with Crippen molar-refractivity contribution in [1.82, 2.24) is 9.97 Å². The summed E-state index contributed by atoms with van der Waals surface area (Å²) in [6, 6.07) is -0.255. The van der Waals surface area contributed by atoms with Gasteiger partial charge in [0.1, 0.15) is 5.82 Å². The van der Waals surface area contributed by atoms with E-state index in [1.54, 1.807) is 6.92 Å². The Kier molecular flexibility index (Phi) is 2.48. The van der Waals surface area contributed by atoms with Crippen molar-refractivity contribution in [3.05, 3.63) is 21.7 Å². The molecule has 4 N–H and O–H groups in total. The van der Waals surface area contributed by atoms with Crippen LogP contribution in [0.4, 0.5) is 0 Å². The van der Waals surface area contributed by atoms with Gasteiger partial charge in [-0.2, -0.15) is 4.98 Å². The molecule has 0 saturated heterocycles. The van der Waals surface area contributed by atoms with Crippen LogP contribution in [0.1, 0.15) is 37.2 Å². The summed E-state index contributed by atoms with van der Waals surface area (Å²) in [5.41, 5.74) is 5.93. The molecule has 5 nitrogen and oxygen atoms in total. The molecule has 1 aliphatic rings. The number of nitrogens with two attached hydrogens (primary N) is 1. The molecular formula is C10H15N3O2. The fourth-order valence-corrected chi connectivity index (χ4v) is 1.66. The first-order chi connectivity index (χ1) is 7.13. The standard InChI is InChI=1S/C10H15N3O2/c1-2-6-9(14)12-8(13-10(6)15)7(11)5-3-4-5/h5,7H,2-4,11H2,1H3,(H2,12,13,14,15). The van der Waals surface area contributed by atoms with Gasteiger partial charge in [0.15, 0.2) is 0 Å². The van der Waals surface area contributed by atoms with Crippen molar-refractivity contribution in [2.24, 2.45) is 11.7 Å². The van der Waals surface area contributed by atoms with E-state index in [2.05, 4.69) is 9.97 Å². The Hall–Kier alpha value is -1.36. The molecule has 0 bridgehead atoms. The smallest absolute Gasteiger partial charge is 0.257 e. The van der Waals surface area contributed by atoms with Crippen molar-refractivity contribution in [3.8, 4) is 5.88 Å². The van der Waals surface area contributed by atoms with Crippen LogP contribution >= 0.6 is 0 Å². The molecule has 1 aromatic rings. The van der Waals surface area contributed by atoms with E-state index >= 15 is 0 Å². The van der Waals surface area contributed by atoms with Gasteiger partial charge in [0.2, 0.25) is 5.88 Å². The highest BCUT2D eigenvalue weighted by Crippen LogP contribution is 2.38. The maximum Gasteiger partial charge on any atom is 0.257 e. The van der Waals surface area contributed by atoms with Crippen LogP contribution in [0.25, 0.3) is 0 Å². The Labute approximate surface area is 87.4 Å². The SMILES string of the molecule is CCc1c(O)nc(C(N)C2CC2)[nH]c1=O. The lowest BCUT2D eigenvalue weighted by Gasteiger charge is -2.10. The molecule has 0 aliphatic heterocycles. The van der Waals surface area contributed by atoms with E-state index < -0.39 is 0 Å². The number of H-pyrrole nitrogens is 1. The molecule has 1 aliphatic carbocycles. The summed E-state index contributed by atoms with van der Waals surface area (Å²) in [7, 11) is 0. The lowest BCUT2D eigenvalue weighted by Crippen LogP contribution is -2.23. The summed E-state index contributed by atoms with van der Waals surface area (Å²) < 4.78 is 0. The van der Waals surface area contributed by atoms with Gasteiger partial charge in [-0.1, -0.05) is 6.92 Å². The van der Waals surface area contributed by atoms with E-state index in [9.17, 15) is 9.90 Å². The van der Waals surface area contributed by atoms with Gasteiger partial charge in [-0.15, -0.1) is 0 Å². The molecule has 1 unspecified atom stereocenters. The molecule has 15 heavy (non-hydrogen) atoms. The zero-order chi connectivity index (χ0) is 11.0. The van der Waals surface area contributed by atoms with E-state index in [0.717, 1.165) is 12.8 Å². The first-order valence-corrected chi connectivity index (χ1v) is 5.21. The molecule has 1 saturated carbocycles. The second-order valence-corrected chi connectivity index (χ2v) is 3.97. The average Bonchev–Trinajstić information content (AvgIpc) is 2.99. The summed E-state index contributed by atoms with van der Waals surface area (Å²) in [4.78, 5) is 18.1. The monoisotopic (exact) mass is 209 g/mol. The Bertz CT molecular complexity index is 423. The van der Waals surface area contributed by atoms with Crippen LogP contribution in [0.15, 0.2) is 4.79 Å². The van der Waals surface area contributed by atoms with Crippen molar-refractivity contribution in [2.45, 2.75) is 32.2 Å². The first kappa shape index (κ1) is 10.2. The molecule has 0 aromatic carbocycles. The lowest BCUT2D eigenvalue weighted by atomic mass is 10.2. The largest absolute Gasteiger partial charge is 0.493 e. The second-order valence-electron chi connectivity index (χ2n) is 3.97. The third kappa shape index (κ3) is 1.87. The van der Waals surface area contributed by atoms with Crippen molar-refractivity contribution < 1.29 is 5.11 Å². The fraction of sp³-hybridized carbons (Fsp3) is 0.600. The minimum absolute atomic E-state index is 0.188. The average molecular weight is 209 g/mol. The number of nitrogens with one attached hydrogen (secondary N) is 1. The van der Waals surface area contributed by atoms with Crippen LogP contribution < -0.4 is 11.3 Å². The van der Waals surface area contributed by atoms with E-state index in [4.69, 9.17) is 5.73 Å². The van der Waals surface area contributed by atoms with Gasteiger partial charge in [0.25, 0.3) is 5.56 Å². The predicted octanol–water partition coefficient (Wildman–Crippen LogP) is 0.448. The molecule has 82 valence electrons. The minimum atomic E-state index is -0.281. The Morgan fingerprint density at radius 3 is 2.80 bits per heavy atom. The molecule has 1 heterocycles. The zero-order valence-corrected chi connectivity index (χ0v) is 8.66.